The molecule has 0 aromatic carbocycles. The van der Waals surface area contributed by atoms with Crippen LogP contribution in [-0.2, 0) is 4.74 Å². The zero-order valence-corrected chi connectivity index (χ0v) is 9.27. The molecule has 5 nitrogen and oxygen atoms in total. The minimum absolute atomic E-state index is 0.177. The topological polar surface area (TPSA) is 61.2 Å². The van der Waals surface area contributed by atoms with Crippen molar-refractivity contribution in [2.75, 3.05) is 32.8 Å². The highest BCUT2D eigenvalue weighted by atomic mass is 19.3. The van der Waals surface area contributed by atoms with Crippen molar-refractivity contribution in [2.24, 2.45) is 5.11 Å². The van der Waals surface area contributed by atoms with Crippen molar-refractivity contribution in [3.63, 3.8) is 0 Å². The van der Waals surface area contributed by atoms with Crippen LogP contribution >= 0.6 is 0 Å². The van der Waals surface area contributed by atoms with Gasteiger partial charge < -0.3 is 4.74 Å². The summed E-state index contributed by atoms with van der Waals surface area (Å²) in [6.07, 6.45) is -0.177. The van der Waals surface area contributed by atoms with Crippen LogP contribution in [0.3, 0.4) is 0 Å². The van der Waals surface area contributed by atoms with E-state index in [0.29, 0.717) is 19.8 Å². The van der Waals surface area contributed by atoms with E-state index in [0.717, 1.165) is 0 Å². The Hall–Kier alpha value is -0.910. The number of nitrogens with zero attached hydrogens (tertiary/aromatic N) is 4. The summed E-state index contributed by atoms with van der Waals surface area (Å²) in [6.45, 7) is 2.96. The highest BCUT2D eigenvalue weighted by Crippen LogP contribution is 2.31. The first-order valence-electron chi connectivity index (χ1n) is 5.29. The third-order valence-corrected chi connectivity index (χ3v) is 2.55. The molecule has 1 rings (SSSR count). The summed E-state index contributed by atoms with van der Waals surface area (Å²) in [5, 5.41) is 3.35. The van der Waals surface area contributed by atoms with Gasteiger partial charge in [-0.15, -0.1) is 0 Å². The number of hydrogen-bond donors (Lipinski definition) is 0. The predicted octanol–water partition coefficient (Wildman–Crippen LogP) is 2.04. The van der Waals surface area contributed by atoms with Gasteiger partial charge in [0.2, 0.25) is 0 Å². The summed E-state index contributed by atoms with van der Waals surface area (Å²) in [6, 6.07) is -0.274. The number of halogens is 2. The molecule has 0 N–H and O–H groups in total. The first-order chi connectivity index (χ1) is 7.59. The Labute approximate surface area is 93.0 Å². The monoisotopic (exact) mass is 234 g/mol. The standard InChI is InChI=1S/C9H16F2N4O/c1-2-16-6-8-5-9(10,11)7-15(8)4-3-13-14-12/h8H,2-7H2,1H3/t8-/m0/s1. The molecule has 7 heteroatoms. The van der Waals surface area contributed by atoms with E-state index in [1.165, 1.54) is 0 Å². The summed E-state index contributed by atoms with van der Waals surface area (Å²) in [5.74, 6) is -2.65. The summed E-state index contributed by atoms with van der Waals surface area (Å²) in [5.41, 5.74) is 8.12. The lowest BCUT2D eigenvalue weighted by molar-refractivity contribution is 0.0117. The average molecular weight is 234 g/mol. The van der Waals surface area contributed by atoms with Crippen molar-refractivity contribution in [3.8, 4) is 0 Å². The van der Waals surface area contributed by atoms with Gasteiger partial charge >= 0.3 is 0 Å². The van der Waals surface area contributed by atoms with Gasteiger partial charge in [-0.3, -0.25) is 4.90 Å². The van der Waals surface area contributed by atoms with Gasteiger partial charge in [0.15, 0.2) is 0 Å². The van der Waals surface area contributed by atoms with E-state index >= 15 is 0 Å². The van der Waals surface area contributed by atoms with Crippen LogP contribution in [0, 0.1) is 0 Å². The van der Waals surface area contributed by atoms with Gasteiger partial charge in [0, 0.05) is 37.1 Å². The van der Waals surface area contributed by atoms with Crippen molar-refractivity contribution in [1.29, 1.82) is 0 Å². The van der Waals surface area contributed by atoms with Crippen molar-refractivity contribution >= 4 is 0 Å². The van der Waals surface area contributed by atoms with Gasteiger partial charge in [0.1, 0.15) is 0 Å². The van der Waals surface area contributed by atoms with E-state index in [9.17, 15) is 8.78 Å². The van der Waals surface area contributed by atoms with Crippen LogP contribution in [0.15, 0.2) is 5.11 Å². The lowest BCUT2D eigenvalue weighted by Gasteiger charge is -2.22. The fourth-order valence-corrected chi connectivity index (χ4v) is 1.86. The minimum Gasteiger partial charge on any atom is -0.380 e. The third-order valence-electron chi connectivity index (χ3n) is 2.55. The van der Waals surface area contributed by atoms with E-state index < -0.39 is 5.92 Å². The molecule has 1 heterocycles. The summed E-state index contributed by atoms with van der Waals surface area (Å²) < 4.78 is 31.5. The molecule has 1 saturated heterocycles. The van der Waals surface area contributed by atoms with Gasteiger partial charge in [0.25, 0.3) is 5.92 Å². The van der Waals surface area contributed by atoms with Crippen LogP contribution < -0.4 is 0 Å². The Morgan fingerprint density at radius 3 is 3.00 bits per heavy atom. The number of likely N-dealkylation sites (tertiary alicyclic amines) is 1. The molecule has 16 heavy (non-hydrogen) atoms. The predicted molar refractivity (Wildman–Crippen MR) is 55.4 cm³/mol. The number of azide groups is 1. The average Bonchev–Trinajstić information content (AvgIpc) is 2.51. The molecule has 92 valence electrons. The highest BCUT2D eigenvalue weighted by Gasteiger charge is 2.44. The molecular formula is C9H16F2N4O. The van der Waals surface area contributed by atoms with Crippen LogP contribution in [0.5, 0.6) is 0 Å². The van der Waals surface area contributed by atoms with Crippen molar-refractivity contribution < 1.29 is 13.5 Å². The first-order valence-corrected chi connectivity index (χ1v) is 5.29. The van der Waals surface area contributed by atoms with Crippen LogP contribution in [0.4, 0.5) is 8.78 Å². The van der Waals surface area contributed by atoms with Gasteiger partial charge in [-0.1, -0.05) is 5.11 Å². The normalized spacial score (nSPS) is 24.3. The molecule has 0 amide bonds. The molecule has 0 aromatic rings. The minimum atomic E-state index is -2.65. The first kappa shape index (κ1) is 13.2. The van der Waals surface area contributed by atoms with Crippen LogP contribution in [0.25, 0.3) is 10.4 Å². The molecule has 1 atom stereocenters. The number of hydrogen-bond acceptors (Lipinski definition) is 3. The molecule has 0 radical (unpaired) electrons. The highest BCUT2D eigenvalue weighted by molar-refractivity contribution is 4.90. The number of rotatable bonds is 6. The van der Waals surface area contributed by atoms with E-state index in [2.05, 4.69) is 10.0 Å². The fourth-order valence-electron chi connectivity index (χ4n) is 1.86. The summed E-state index contributed by atoms with van der Waals surface area (Å²) in [4.78, 5) is 4.23. The molecule has 0 spiro atoms. The van der Waals surface area contributed by atoms with E-state index in [1.807, 2.05) is 6.92 Å². The molecular weight excluding hydrogens is 218 g/mol. The summed E-state index contributed by atoms with van der Waals surface area (Å²) >= 11 is 0. The van der Waals surface area contributed by atoms with Crippen molar-refractivity contribution in [3.05, 3.63) is 10.4 Å². The fraction of sp³-hybridized carbons (Fsp3) is 1.00. The molecule has 1 aliphatic rings. The zero-order chi connectivity index (χ0) is 12.0. The molecule has 0 unspecified atom stereocenters. The molecule has 0 aromatic heterocycles. The Bertz CT molecular complexity index is 268. The second kappa shape index (κ2) is 5.98. The molecule has 0 aliphatic carbocycles. The van der Waals surface area contributed by atoms with Crippen molar-refractivity contribution in [1.82, 2.24) is 4.90 Å². The maximum Gasteiger partial charge on any atom is 0.262 e. The Kier molecular flexibility index (Phi) is 4.92. The zero-order valence-electron chi connectivity index (χ0n) is 9.27. The third kappa shape index (κ3) is 3.92. The lowest BCUT2D eigenvalue weighted by Crippen LogP contribution is -2.35. The van der Waals surface area contributed by atoms with Crippen LogP contribution in [-0.4, -0.2) is 49.7 Å². The van der Waals surface area contributed by atoms with Crippen molar-refractivity contribution in [2.45, 2.75) is 25.3 Å². The van der Waals surface area contributed by atoms with Crippen LogP contribution in [0.1, 0.15) is 13.3 Å². The SMILES string of the molecule is CCOC[C@@H]1CC(F)(F)CN1CCN=[N+]=[N-]. The Morgan fingerprint density at radius 1 is 1.62 bits per heavy atom. The van der Waals surface area contributed by atoms with E-state index in [1.54, 1.807) is 4.90 Å². The molecule has 0 bridgehead atoms. The lowest BCUT2D eigenvalue weighted by atomic mass is 10.2. The maximum absolute atomic E-state index is 13.2. The van der Waals surface area contributed by atoms with Gasteiger partial charge in [-0.25, -0.2) is 8.78 Å². The van der Waals surface area contributed by atoms with Gasteiger partial charge in [-0.05, 0) is 12.5 Å². The largest absolute Gasteiger partial charge is 0.380 e. The van der Waals surface area contributed by atoms with E-state index in [4.69, 9.17) is 10.3 Å². The second-order valence-electron chi connectivity index (χ2n) is 3.80. The van der Waals surface area contributed by atoms with Gasteiger partial charge in [0.05, 0.1) is 13.2 Å². The Morgan fingerprint density at radius 2 is 2.38 bits per heavy atom. The maximum atomic E-state index is 13.2. The number of alkyl halides is 2. The quantitative estimate of drug-likeness (QED) is 0.401. The Balaban J connectivity index is 2.46. The summed E-state index contributed by atoms with van der Waals surface area (Å²) in [7, 11) is 0. The second-order valence-corrected chi connectivity index (χ2v) is 3.80. The molecule has 0 saturated carbocycles. The molecule has 1 aliphatic heterocycles. The van der Waals surface area contributed by atoms with Gasteiger partial charge in [-0.2, -0.15) is 0 Å². The smallest absolute Gasteiger partial charge is 0.262 e. The van der Waals surface area contributed by atoms with E-state index in [-0.39, 0.29) is 25.6 Å². The number of ether oxygens (including phenoxy) is 1. The van der Waals surface area contributed by atoms with Crippen LogP contribution in [0.2, 0.25) is 0 Å². The molecule has 1 fully saturated rings.